The van der Waals surface area contributed by atoms with E-state index in [0.717, 1.165) is 42.6 Å². The molecule has 0 atom stereocenters. The molecule has 0 saturated carbocycles. The van der Waals surface area contributed by atoms with Crippen molar-refractivity contribution in [3.8, 4) is 17.2 Å². The third-order valence-corrected chi connectivity index (χ3v) is 5.92. The summed E-state index contributed by atoms with van der Waals surface area (Å²) in [7, 11) is 0. The largest absolute Gasteiger partial charge is 0.456 e. The maximum Gasteiger partial charge on any atom is 0.412 e. The predicted octanol–water partition coefficient (Wildman–Crippen LogP) is 4.82. The number of pyridine rings is 1. The van der Waals surface area contributed by atoms with Gasteiger partial charge < -0.3 is 19.7 Å². The molecule has 1 aliphatic rings. The Bertz CT molecular complexity index is 1040. The molecule has 2 amide bonds. The molecule has 0 bridgehead atoms. The molecule has 1 saturated heterocycles. The first-order valence-corrected chi connectivity index (χ1v) is 10.9. The Labute approximate surface area is 178 Å². The molecule has 8 heteroatoms. The zero-order valence-electron chi connectivity index (χ0n) is 16.7. The molecule has 0 unspecified atom stereocenters. The highest BCUT2D eigenvalue weighted by molar-refractivity contribution is 7.21. The van der Waals surface area contributed by atoms with Gasteiger partial charge in [-0.3, -0.25) is 9.78 Å². The molecule has 3 aromatic rings. The van der Waals surface area contributed by atoms with E-state index in [1.165, 1.54) is 11.3 Å². The lowest BCUT2D eigenvalue weighted by molar-refractivity contribution is 0.0657. The van der Waals surface area contributed by atoms with Gasteiger partial charge in [-0.1, -0.05) is 13.3 Å². The van der Waals surface area contributed by atoms with Gasteiger partial charge in [0.2, 0.25) is 0 Å². The summed E-state index contributed by atoms with van der Waals surface area (Å²) in [4.78, 5) is 31.1. The van der Waals surface area contributed by atoms with E-state index in [1.807, 2.05) is 11.0 Å². The fourth-order valence-corrected chi connectivity index (χ4v) is 4.02. The van der Waals surface area contributed by atoms with Crippen molar-refractivity contribution in [2.45, 2.75) is 26.2 Å². The Morgan fingerprint density at radius 1 is 1.17 bits per heavy atom. The third kappa shape index (κ3) is 4.54. The molecule has 0 radical (unpaired) electrons. The standard InChI is InChI=1S/C22H23N3O4S/c1-2-3-10-24-22(27)29-16-7-5-15(6-8-16)28-18-9-11-23-17-14-19(30-20(17)18)21(26)25-12-4-13-25/h5-9,11,14H,2-4,10,12-13H2,1H3,(H,24,27). The highest BCUT2D eigenvalue weighted by Crippen LogP contribution is 2.36. The quantitative estimate of drug-likeness (QED) is 0.549. The molecule has 1 aromatic carbocycles. The van der Waals surface area contributed by atoms with Crippen LogP contribution in [-0.4, -0.2) is 41.5 Å². The number of likely N-dealkylation sites (tertiary alicyclic amines) is 1. The Morgan fingerprint density at radius 2 is 1.93 bits per heavy atom. The Hall–Kier alpha value is -3.13. The van der Waals surface area contributed by atoms with E-state index < -0.39 is 6.09 Å². The average molecular weight is 426 g/mol. The van der Waals surface area contributed by atoms with Gasteiger partial charge in [-0.05, 0) is 43.2 Å². The van der Waals surface area contributed by atoms with Crippen LogP contribution < -0.4 is 14.8 Å². The summed E-state index contributed by atoms with van der Waals surface area (Å²) < 4.78 is 12.1. The Morgan fingerprint density at radius 3 is 2.63 bits per heavy atom. The number of ether oxygens (including phenoxy) is 2. The number of hydrogen-bond donors (Lipinski definition) is 1. The van der Waals surface area contributed by atoms with Crippen molar-refractivity contribution in [1.82, 2.24) is 15.2 Å². The van der Waals surface area contributed by atoms with Crippen LogP contribution in [0.15, 0.2) is 42.6 Å². The number of benzene rings is 1. The van der Waals surface area contributed by atoms with Crippen LogP contribution in [0.1, 0.15) is 35.9 Å². The van der Waals surface area contributed by atoms with E-state index >= 15 is 0 Å². The van der Waals surface area contributed by atoms with E-state index in [0.29, 0.717) is 28.7 Å². The number of nitrogens with one attached hydrogen (secondary N) is 1. The SMILES string of the molecule is CCCCNC(=O)Oc1ccc(Oc2ccnc3cc(C(=O)N4CCC4)sc23)cc1. The minimum atomic E-state index is -0.467. The van der Waals surface area contributed by atoms with Gasteiger partial charge in [-0.2, -0.15) is 0 Å². The van der Waals surface area contributed by atoms with Crippen LogP contribution in [0, 0.1) is 0 Å². The van der Waals surface area contributed by atoms with Crippen LogP contribution in [0.5, 0.6) is 17.2 Å². The molecule has 1 N–H and O–H groups in total. The number of carbonyl (C=O) groups is 2. The number of nitrogens with zero attached hydrogens (tertiary/aromatic N) is 2. The number of carbonyl (C=O) groups excluding carboxylic acids is 2. The van der Waals surface area contributed by atoms with Crippen LogP contribution in [0.25, 0.3) is 10.2 Å². The van der Waals surface area contributed by atoms with E-state index in [-0.39, 0.29) is 5.91 Å². The van der Waals surface area contributed by atoms with Crippen LogP contribution in [0.3, 0.4) is 0 Å². The Balaban J connectivity index is 1.44. The van der Waals surface area contributed by atoms with Gasteiger partial charge in [-0.25, -0.2) is 4.79 Å². The van der Waals surface area contributed by atoms with Crippen molar-refractivity contribution < 1.29 is 19.1 Å². The monoisotopic (exact) mass is 425 g/mol. The van der Waals surface area contributed by atoms with Crippen molar-refractivity contribution in [3.05, 3.63) is 47.5 Å². The summed E-state index contributed by atoms with van der Waals surface area (Å²) >= 11 is 1.39. The fraction of sp³-hybridized carbons (Fsp3) is 0.318. The topological polar surface area (TPSA) is 80.8 Å². The maximum atomic E-state index is 12.5. The maximum absolute atomic E-state index is 12.5. The molecule has 1 aliphatic heterocycles. The summed E-state index contributed by atoms with van der Waals surface area (Å²) in [5.74, 6) is 1.73. The summed E-state index contributed by atoms with van der Waals surface area (Å²) in [6.45, 7) is 4.28. The van der Waals surface area contributed by atoms with Gasteiger partial charge in [0.25, 0.3) is 5.91 Å². The second-order valence-corrected chi connectivity index (χ2v) is 8.08. The first-order chi connectivity index (χ1) is 14.6. The zero-order chi connectivity index (χ0) is 20.9. The van der Waals surface area contributed by atoms with Gasteiger partial charge in [0.1, 0.15) is 17.2 Å². The number of aromatic nitrogens is 1. The van der Waals surface area contributed by atoms with E-state index in [4.69, 9.17) is 9.47 Å². The second-order valence-electron chi connectivity index (χ2n) is 7.02. The molecule has 0 spiro atoms. The van der Waals surface area contributed by atoms with Crippen LogP contribution in [0.4, 0.5) is 4.79 Å². The predicted molar refractivity (Wildman–Crippen MR) is 116 cm³/mol. The number of fused-ring (bicyclic) bond motifs is 1. The first kappa shape index (κ1) is 20.2. The smallest absolute Gasteiger partial charge is 0.412 e. The molecular formula is C22H23N3O4S. The number of hydrogen-bond acceptors (Lipinski definition) is 6. The molecule has 1 fully saturated rings. The number of thiophene rings is 1. The number of amides is 2. The lowest BCUT2D eigenvalue weighted by Crippen LogP contribution is -2.41. The molecule has 4 rings (SSSR count). The minimum Gasteiger partial charge on any atom is -0.456 e. The molecule has 156 valence electrons. The van der Waals surface area contributed by atoms with Gasteiger partial charge >= 0.3 is 6.09 Å². The van der Waals surface area contributed by atoms with Crippen molar-refractivity contribution in [1.29, 1.82) is 0 Å². The van der Waals surface area contributed by atoms with E-state index in [1.54, 1.807) is 36.5 Å². The van der Waals surface area contributed by atoms with E-state index in [9.17, 15) is 9.59 Å². The zero-order valence-corrected chi connectivity index (χ0v) is 17.5. The van der Waals surface area contributed by atoms with Crippen LogP contribution in [0.2, 0.25) is 0 Å². The molecule has 7 nitrogen and oxygen atoms in total. The van der Waals surface area contributed by atoms with Crippen molar-refractivity contribution in [3.63, 3.8) is 0 Å². The molecule has 0 aliphatic carbocycles. The summed E-state index contributed by atoms with van der Waals surface area (Å²) in [6, 6.07) is 10.4. The summed E-state index contributed by atoms with van der Waals surface area (Å²) in [5, 5.41) is 2.71. The van der Waals surface area contributed by atoms with Crippen LogP contribution in [-0.2, 0) is 0 Å². The van der Waals surface area contributed by atoms with Crippen molar-refractivity contribution in [2.24, 2.45) is 0 Å². The second kappa shape index (κ2) is 9.13. The number of unbranched alkanes of at least 4 members (excludes halogenated alkanes) is 1. The minimum absolute atomic E-state index is 0.0499. The lowest BCUT2D eigenvalue weighted by atomic mass is 10.2. The molecular weight excluding hydrogens is 402 g/mol. The normalized spacial score (nSPS) is 13.0. The van der Waals surface area contributed by atoms with E-state index in [2.05, 4.69) is 17.2 Å². The van der Waals surface area contributed by atoms with Crippen LogP contribution >= 0.6 is 11.3 Å². The molecule has 2 aromatic heterocycles. The van der Waals surface area contributed by atoms with Gasteiger partial charge in [-0.15, -0.1) is 11.3 Å². The van der Waals surface area contributed by atoms with Gasteiger partial charge in [0.05, 0.1) is 15.1 Å². The fourth-order valence-electron chi connectivity index (χ4n) is 2.99. The van der Waals surface area contributed by atoms with Gasteiger partial charge in [0, 0.05) is 31.9 Å². The first-order valence-electron chi connectivity index (χ1n) is 10.1. The number of rotatable bonds is 7. The average Bonchev–Trinajstić information content (AvgIpc) is 3.14. The third-order valence-electron chi connectivity index (χ3n) is 4.79. The summed E-state index contributed by atoms with van der Waals surface area (Å²) in [5.41, 5.74) is 0.741. The Kier molecular flexibility index (Phi) is 6.13. The van der Waals surface area contributed by atoms with Crippen molar-refractivity contribution >= 4 is 33.6 Å². The highest BCUT2D eigenvalue weighted by atomic mass is 32.1. The lowest BCUT2D eigenvalue weighted by Gasteiger charge is -2.30. The molecule has 3 heterocycles. The highest BCUT2D eigenvalue weighted by Gasteiger charge is 2.24. The summed E-state index contributed by atoms with van der Waals surface area (Å²) in [6.07, 6.45) is 4.18. The molecule has 30 heavy (non-hydrogen) atoms. The van der Waals surface area contributed by atoms with Crippen molar-refractivity contribution in [2.75, 3.05) is 19.6 Å². The van der Waals surface area contributed by atoms with Gasteiger partial charge in [0.15, 0.2) is 0 Å².